The third kappa shape index (κ3) is 7.90. The highest BCUT2D eigenvalue weighted by molar-refractivity contribution is 14.0. The molecule has 0 bridgehead atoms. The molecule has 2 heterocycles. The molecule has 0 saturated heterocycles. The lowest BCUT2D eigenvalue weighted by molar-refractivity contribution is 0.518. The topological polar surface area (TPSA) is 61.3 Å². The standard InChI is InChI=1S/C19H29N5S.HI/c1-19(2,16-9-8-14-25-16)15-24-18(20-3)23-13-7-6-12-22-17-10-4-5-11-21-17;/h4-5,8-11,14H,6-7,12-13,15H2,1-3H3,(H,21,22)(H2,20,23,24);1H. The molecular weight excluding hydrogens is 457 g/mol. The molecule has 144 valence electrons. The molecule has 0 unspecified atom stereocenters. The van der Waals surface area contributed by atoms with Gasteiger partial charge in [0.15, 0.2) is 5.96 Å². The fraction of sp³-hybridized carbons (Fsp3) is 0.474. The number of aromatic nitrogens is 1. The Kier molecular flexibility index (Phi) is 10.6. The summed E-state index contributed by atoms with van der Waals surface area (Å²) in [5, 5.41) is 12.3. The lowest BCUT2D eigenvalue weighted by Gasteiger charge is -2.25. The molecule has 0 aliphatic carbocycles. The van der Waals surface area contributed by atoms with Crippen molar-refractivity contribution < 1.29 is 0 Å². The Bertz CT molecular complexity index is 629. The molecule has 0 atom stereocenters. The minimum Gasteiger partial charge on any atom is -0.370 e. The molecule has 26 heavy (non-hydrogen) atoms. The highest BCUT2D eigenvalue weighted by Crippen LogP contribution is 2.26. The summed E-state index contributed by atoms with van der Waals surface area (Å²) in [6.07, 6.45) is 3.97. The van der Waals surface area contributed by atoms with E-state index in [0.29, 0.717) is 0 Å². The van der Waals surface area contributed by atoms with Crippen LogP contribution in [0.15, 0.2) is 46.9 Å². The molecular formula is C19H30IN5S. The second-order valence-electron chi connectivity index (χ2n) is 6.56. The molecule has 5 nitrogen and oxygen atoms in total. The number of thiophene rings is 1. The number of guanidine groups is 1. The normalized spacial score (nSPS) is 11.6. The van der Waals surface area contributed by atoms with E-state index in [-0.39, 0.29) is 29.4 Å². The molecule has 0 spiro atoms. The molecule has 0 amide bonds. The summed E-state index contributed by atoms with van der Waals surface area (Å²) in [5.41, 5.74) is 0.0956. The first kappa shape index (κ1) is 22.7. The van der Waals surface area contributed by atoms with Crippen LogP contribution in [0.1, 0.15) is 31.6 Å². The Labute approximate surface area is 178 Å². The van der Waals surface area contributed by atoms with Crippen molar-refractivity contribution in [1.29, 1.82) is 0 Å². The highest BCUT2D eigenvalue weighted by Gasteiger charge is 2.21. The number of unbranched alkanes of at least 4 members (excludes halogenated alkanes) is 1. The molecule has 2 aromatic rings. The summed E-state index contributed by atoms with van der Waals surface area (Å²) in [6.45, 7) is 7.19. The zero-order chi connectivity index (χ0) is 18.0. The van der Waals surface area contributed by atoms with E-state index in [9.17, 15) is 0 Å². The first-order valence-electron chi connectivity index (χ1n) is 8.75. The van der Waals surface area contributed by atoms with Gasteiger partial charge in [0.2, 0.25) is 0 Å². The minimum atomic E-state index is 0. The van der Waals surface area contributed by atoms with Gasteiger partial charge in [-0.05, 0) is 36.4 Å². The smallest absolute Gasteiger partial charge is 0.191 e. The number of nitrogens with one attached hydrogen (secondary N) is 3. The van der Waals surface area contributed by atoms with Gasteiger partial charge < -0.3 is 16.0 Å². The monoisotopic (exact) mass is 487 g/mol. The molecule has 0 fully saturated rings. The van der Waals surface area contributed by atoms with Gasteiger partial charge in [-0.1, -0.05) is 26.0 Å². The molecule has 0 aromatic carbocycles. The second kappa shape index (κ2) is 12.1. The van der Waals surface area contributed by atoms with E-state index in [1.165, 1.54) is 4.88 Å². The highest BCUT2D eigenvalue weighted by atomic mass is 127. The number of hydrogen-bond donors (Lipinski definition) is 3. The minimum absolute atomic E-state index is 0. The van der Waals surface area contributed by atoms with Gasteiger partial charge in [0.05, 0.1) is 0 Å². The van der Waals surface area contributed by atoms with Gasteiger partial charge in [-0.25, -0.2) is 4.98 Å². The number of nitrogens with zero attached hydrogens (tertiary/aromatic N) is 2. The molecule has 0 aliphatic rings. The van der Waals surface area contributed by atoms with E-state index in [4.69, 9.17) is 0 Å². The van der Waals surface area contributed by atoms with Crippen molar-refractivity contribution in [2.45, 2.75) is 32.1 Å². The molecule has 0 radical (unpaired) electrons. The van der Waals surface area contributed by atoms with Gasteiger partial charge in [0, 0.05) is 43.2 Å². The van der Waals surface area contributed by atoms with Gasteiger partial charge in [-0.2, -0.15) is 0 Å². The lowest BCUT2D eigenvalue weighted by atomic mass is 9.91. The summed E-state index contributed by atoms with van der Waals surface area (Å²) < 4.78 is 0. The van der Waals surface area contributed by atoms with Gasteiger partial charge in [0.1, 0.15) is 5.82 Å². The first-order chi connectivity index (χ1) is 12.1. The van der Waals surface area contributed by atoms with Gasteiger partial charge in [-0.15, -0.1) is 35.3 Å². The Morgan fingerprint density at radius 3 is 2.58 bits per heavy atom. The number of halogens is 1. The molecule has 0 saturated carbocycles. The molecule has 2 rings (SSSR count). The van der Waals surface area contributed by atoms with Crippen LogP contribution in [-0.2, 0) is 5.41 Å². The van der Waals surface area contributed by atoms with E-state index in [1.54, 1.807) is 17.5 Å². The summed E-state index contributed by atoms with van der Waals surface area (Å²) >= 11 is 1.80. The molecule has 7 heteroatoms. The van der Waals surface area contributed by atoms with Gasteiger partial charge in [-0.3, -0.25) is 4.99 Å². The number of rotatable bonds is 9. The quantitative estimate of drug-likeness (QED) is 0.216. The number of hydrogen-bond acceptors (Lipinski definition) is 4. The van der Waals surface area contributed by atoms with Crippen LogP contribution in [-0.4, -0.2) is 37.6 Å². The fourth-order valence-corrected chi connectivity index (χ4v) is 3.27. The zero-order valence-corrected chi connectivity index (χ0v) is 18.9. The maximum absolute atomic E-state index is 4.31. The van der Waals surface area contributed by atoms with Crippen LogP contribution in [0.25, 0.3) is 0 Å². The number of aliphatic imine (C=N–C) groups is 1. The van der Waals surface area contributed by atoms with E-state index in [0.717, 1.165) is 44.3 Å². The largest absolute Gasteiger partial charge is 0.370 e. The summed E-state index contributed by atoms with van der Waals surface area (Å²) in [5.74, 6) is 1.80. The lowest BCUT2D eigenvalue weighted by Crippen LogP contribution is -2.43. The Morgan fingerprint density at radius 2 is 1.92 bits per heavy atom. The molecule has 2 aromatic heterocycles. The Balaban J connectivity index is 0.00000338. The zero-order valence-electron chi connectivity index (χ0n) is 15.8. The summed E-state index contributed by atoms with van der Waals surface area (Å²) in [4.78, 5) is 9.95. The van der Waals surface area contributed by atoms with Crippen molar-refractivity contribution >= 4 is 47.1 Å². The van der Waals surface area contributed by atoms with Crippen molar-refractivity contribution in [3.8, 4) is 0 Å². The van der Waals surface area contributed by atoms with Crippen molar-refractivity contribution in [2.24, 2.45) is 4.99 Å². The van der Waals surface area contributed by atoms with E-state index < -0.39 is 0 Å². The van der Waals surface area contributed by atoms with Gasteiger partial charge in [0.25, 0.3) is 0 Å². The SMILES string of the molecule is CN=C(NCCCCNc1ccccn1)NCC(C)(C)c1cccs1.I. The number of pyridine rings is 1. The van der Waals surface area contributed by atoms with Crippen LogP contribution in [0.3, 0.4) is 0 Å². The second-order valence-corrected chi connectivity index (χ2v) is 7.51. The van der Waals surface area contributed by atoms with Crippen LogP contribution >= 0.6 is 35.3 Å². The first-order valence-corrected chi connectivity index (χ1v) is 9.63. The maximum atomic E-state index is 4.31. The average Bonchev–Trinajstić information content (AvgIpc) is 3.17. The van der Waals surface area contributed by atoms with Crippen molar-refractivity contribution in [3.05, 3.63) is 46.8 Å². The van der Waals surface area contributed by atoms with Crippen LogP contribution in [0, 0.1) is 0 Å². The summed E-state index contributed by atoms with van der Waals surface area (Å²) in [6, 6.07) is 10.2. The third-order valence-electron chi connectivity index (χ3n) is 3.98. The van der Waals surface area contributed by atoms with Crippen LogP contribution in [0.4, 0.5) is 5.82 Å². The predicted octanol–water partition coefficient (Wildman–Crippen LogP) is 4.10. The van der Waals surface area contributed by atoms with E-state index in [2.05, 4.69) is 57.3 Å². The third-order valence-corrected chi connectivity index (χ3v) is 5.21. The average molecular weight is 487 g/mol. The molecule has 0 aliphatic heterocycles. The number of anilines is 1. The molecule has 3 N–H and O–H groups in total. The van der Waals surface area contributed by atoms with Crippen LogP contribution in [0.5, 0.6) is 0 Å². The van der Waals surface area contributed by atoms with Crippen molar-refractivity contribution in [3.63, 3.8) is 0 Å². The van der Waals surface area contributed by atoms with Crippen LogP contribution < -0.4 is 16.0 Å². The van der Waals surface area contributed by atoms with Crippen LogP contribution in [0.2, 0.25) is 0 Å². The van der Waals surface area contributed by atoms with Gasteiger partial charge >= 0.3 is 0 Å². The van der Waals surface area contributed by atoms with E-state index in [1.807, 2.05) is 25.2 Å². The van der Waals surface area contributed by atoms with Crippen molar-refractivity contribution in [1.82, 2.24) is 15.6 Å². The predicted molar refractivity (Wildman–Crippen MR) is 124 cm³/mol. The maximum Gasteiger partial charge on any atom is 0.191 e. The fourth-order valence-electron chi connectivity index (χ4n) is 2.42. The van der Waals surface area contributed by atoms with Crippen molar-refractivity contribution in [2.75, 3.05) is 32.0 Å². The van der Waals surface area contributed by atoms with E-state index >= 15 is 0 Å². The Morgan fingerprint density at radius 1 is 1.12 bits per heavy atom. The summed E-state index contributed by atoms with van der Waals surface area (Å²) in [7, 11) is 1.82. The Hall–Kier alpha value is -1.35.